The van der Waals surface area contributed by atoms with Gasteiger partial charge in [0.15, 0.2) is 6.10 Å². The fourth-order valence-corrected chi connectivity index (χ4v) is 6.97. The minimum atomic E-state index is -1.83. The van der Waals surface area contributed by atoms with Gasteiger partial charge in [0, 0.05) is 32.6 Å². The molecule has 9 nitrogen and oxygen atoms in total. The van der Waals surface area contributed by atoms with Gasteiger partial charge in [-0.1, -0.05) is 13.8 Å². The van der Waals surface area contributed by atoms with Crippen molar-refractivity contribution in [1.29, 1.82) is 0 Å². The minimum absolute atomic E-state index is 0.148. The predicted octanol–water partition coefficient (Wildman–Crippen LogP) is 2.53. The van der Waals surface area contributed by atoms with Gasteiger partial charge in [-0.3, -0.25) is 14.4 Å². The highest BCUT2D eigenvalue weighted by molar-refractivity contribution is 5.67. The molecule has 200 valence electrons. The van der Waals surface area contributed by atoms with E-state index in [1.165, 1.54) is 27.7 Å². The second kappa shape index (κ2) is 9.63. The van der Waals surface area contributed by atoms with E-state index in [0.29, 0.717) is 6.42 Å². The van der Waals surface area contributed by atoms with E-state index in [0.717, 1.165) is 6.42 Å². The van der Waals surface area contributed by atoms with Gasteiger partial charge < -0.3 is 29.2 Å². The fraction of sp³-hybridized carbons (Fsp3) is 0.885. The lowest BCUT2D eigenvalue weighted by Gasteiger charge is -2.52. The van der Waals surface area contributed by atoms with Crippen LogP contribution in [0, 0.1) is 23.7 Å². The summed E-state index contributed by atoms with van der Waals surface area (Å²) in [5, 5.41) is 23.5. The molecule has 1 aliphatic carbocycles. The monoisotopic (exact) mass is 498 g/mol. The normalized spacial score (nSPS) is 45.5. The molecule has 2 bridgehead atoms. The summed E-state index contributed by atoms with van der Waals surface area (Å²) in [5.74, 6) is -1.95. The summed E-state index contributed by atoms with van der Waals surface area (Å²) in [6, 6.07) is 0. The van der Waals surface area contributed by atoms with E-state index in [1.807, 2.05) is 6.92 Å². The lowest BCUT2D eigenvalue weighted by Crippen LogP contribution is -2.63. The third-order valence-electron chi connectivity index (χ3n) is 8.48. The zero-order valence-corrected chi connectivity index (χ0v) is 22.2. The van der Waals surface area contributed by atoms with Crippen molar-refractivity contribution in [3.63, 3.8) is 0 Å². The van der Waals surface area contributed by atoms with Gasteiger partial charge in [-0.25, -0.2) is 0 Å². The van der Waals surface area contributed by atoms with Crippen molar-refractivity contribution >= 4 is 17.9 Å². The van der Waals surface area contributed by atoms with Gasteiger partial charge in [0.25, 0.3) is 0 Å². The van der Waals surface area contributed by atoms with Crippen molar-refractivity contribution in [1.82, 2.24) is 0 Å². The molecule has 2 aliphatic heterocycles. The molecule has 0 aromatic heterocycles. The minimum Gasteiger partial charge on any atom is -0.459 e. The molecule has 35 heavy (non-hydrogen) atoms. The molecule has 0 unspecified atom stereocenters. The van der Waals surface area contributed by atoms with Crippen LogP contribution in [0.5, 0.6) is 0 Å². The van der Waals surface area contributed by atoms with Crippen LogP contribution in [-0.2, 0) is 33.3 Å². The topological polar surface area (TPSA) is 129 Å². The zero-order valence-electron chi connectivity index (χ0n) is 22.2. The van der Waals surface area contributed by atoms with Gasteiger partial charge in [-0.15, -0.1) is 0 Å². The van der Waals surface area contributed by atoms with Gasteiger partial charge in [-0.05, 0) is 58.3 Å². The molecular formula is C26H42O9. The standard InChI is InChI=1S/C26H42O9/c1-13(2)17-9-12-25(7,35-16(5)29)20-19(17)22-24(6,30)11-10-18(32-14(3)27)26(8,31)23(21(20)34-22)33-15(4)28/h13,17-23,30-31H,9-12H2,1-8H3/t17-,18+,19-,20+,21+,22-,23+,24-,25-,26-/m1/s1. The van der Waals surface area contributed by atoms with E-state index in [1.54, 1.807) is 6.92 Å². The van der Waals surface area contributed by atoms with Gasteiger partial charge in [-0.2, -0.15) is 0 Å². The maximum atomic E-state index is 12.3. The van der Waals surface area contributed by atoms with Crippen molar-refractivity contribution in [3.05, 3.63) is 0 Å². The van der Waals surface area contributed by atoms with Crippen LogP contribution in [0.4, 0.5) is 0 Å². The Kier molecular flexibility index (Phi) is 7.67. The van der Waals surface area contributed by atoms with Gasteiger partial charge in [0.1, 0.15) is 23.4 Å². The third kappa shape index (κ3) is 5.23. The first-order chi connectivity index (χ1) is 16.0. The fourth-order valence-electron chi connectivity index (χ4n) is 6.97. The number of hydrogen-bond donors (Lipinski definition) is 2. The number of aliphatic hydroxyl groups is 2. The second-order valence-electron chi connectivity index (χ2n) is 11.7. The second-order valence-corrected chi connectivity index (χ2v) is 11.7. The molecule has 3 aliphatic rings. The van der Waals surface area contributed by atoms with Crippen molar-refractivity contribution in [3.8, 4) is 0 Å². The molecule has 9 heteroatoms. The van der Waals surface area contributed by atoms with E-state index in [2.05, 4.69) is 13.8 Å². The Balaban J connectivity index is 2.23. The Morgan fingerprint density at radius 3 is 2.03 bits per heavy atom. The molecule has 3 rings (SSSR count). The summed E-state index contributed by atoms with van der Waals surface area (Å²) in [5.41, 5.74) is -4.13. The average molecular weight is 499 g/mol. The number of hydrogen-bond acceptors (Lipinski definition) is 9. The third-order valence-corrected chi connectivity index (χ3v) is 8.48. The molecule has 0 radical (unpaired) electrons. The van der Waals surface area contributed by atoms with Crippen molar-refractivity contribution in [2.45, 2.75) is 122 Å². The van der Waals surface area contributed by atoms with Crippen LogP contribution in [0.3, 0.4) is 0 Å². The summed E-state index contributed by atoms with van der Waals surface area (Å²) in [6.07, 6.45) is -2.18. The van der Waals surface area contributed by atoms with Crippen LogP contribution >= 0.6 is 0 Å². The Labute approximate surface area is 207 Å². The SMILES string of the molecule is CC(=O)O[C@H]1CC[C@@](C)(O)[C@@H]2O[C@@H]([C@@H]3[C@H]2[C@@H](C(C)C)CC[C@@]3(C)OC(C)=O)[C@H](OC(C)=O)[C@]1(C)O. The molecule has 3 fully saturated rings. The first-order valence-corrected chi connectivity index (χ1v) is 12.7. The molecule has 1 saturated carbocycles. The smallest absolute Gasteiger partial charge is 0.303 e. The molecule has 2 saturated heterocycles. The van der Waals surface area contributed by atoms with E-state index < -0.39 is 65.0 Å². The molecular weight excluding hydrogens is 456 g/mol. The van der Waals surface area contributed by atoms with Gasteiger partial charge >= 0.3 is 17.9 Å². The molecule has 0 aromatic carbocycles. The van der Waals surface area contributed by atoms with E-state index >= 15 is 0 Å². The first-order valence-electron chi connectivity index (χ1n) is 12.7. The first kappa shape index (κ1) is 27.9. The van der Waals surface area contributed by atoms with E-state index in [4.69, 9.17) is 18.9 Å². The van der Waals surface area contributed by atoms with Gasteiger partial charge in [0.2, 0.25) is 0 Å². The predicted molar refractivity (Wildman–Crippen MR) is 125 cm³/mol. The van der Waals surface area contributed by atoms with Crippen molar-refractivity contribution < 1.29 is 43.5 Å². The molecule has 0 spiro atoms. The lowest BCUT2D eigenvalue weighted by molar-refractivity contribution is -0.221. The van der Waals surface area contributed by atoms with E-state index in [-0.39, 0.29) is 30.6 Å². The quantitative estimate of drug-likeness (QED) is 0.444. The summed E-state index contributed by atoms with van der Waals surface area (Å²) >= 11 is 0. The highest BCUT2D eigenvalue weighted by Gasteiger charge is 2.68. The van der Waals surface area contributed by atoms with Crippen LogP contribution in [-0.4, -0.2) is 69.3 Å². The molecule has 0 amide bonds. The Morgan fingerprint density at radius 1 is 0.914 bits per heavy atom. The number of carbonyl (C=O) groups is 3. The summed E-state index contributed by atoms with van der Waals surface area (Å²) in [7, 11) is 0. The number of esters is 3. The van der Waals surface area contributed by atoms with E-state index in [9.17, 15) is 24.6 Å². The van der Waals surface area contributed by atoms with Crippen molar-refractivity contribution in [2.24, 2.45) is 23.7 Å². The Morgan fingerprint density at radius 2 is 1.51 bits per heavy atom. The highest BCUT2D eigenvalue weighted by Crippen LogP contribution is 2.58. The Bertz CT molecular complexity index is 835. The maximum Gasteiger partial charge on any atom is 0.303 e. The Hall–Kier alpha value is -1.71. The molecule has 2 N–H and O–H groups in total. The average Bonchev–Trinajstić information content (AvgIpc) is 3.10. The largest absolute Gasteiger partial charge is 0.459 e. The van der Waals surface area contributed by atoms with Crippen LogP contribution in [0.15, 0.2) is 0 Å². The number of carbonyl (C=O) groups excluding carboxylic acids is 3. The molecule has 0 aromatic rings. The number of fused-ring (bicyclic) bond motifs is 5. The summed E-state index contributed by atoms with van der Waals surface area (Å²) in [4.78, 5) is 36.4. The summed E-state index contributed by atoms with van der Waals surface area (Å²) < 4.78 is 23.7. The maximum absolute atomic E-state index is 12.3. The van der Waals surface area contributed by atoms with Gasteiger partial charge in [0.05, 0.1) is 11.7 Å². The molecule has 10 atom stereocenters. The van der Waals surface area contributed by atoms with Crippen LogP contribution < -0.4 is 0 Å². The van der Waals surface area contributed by atoms with Crippen LogP contribution in [0.25, 0.3) is 0 Å². The van der Waals surface area contributed by atoms with Crippen LogP contribution in [0.2, 0.25) is 0 Å². The number of ether oxygens (including phenoxy) is 4. The van der Waals surface area contributed by atoms with Crippen LogP contribution in [0.1, 0.15) is 81.1 Å². The molecule has 2 heterocycles. The zero-order chi connectivity index (χ0) is 26.5. The number of rotatable bonds is 4. The van der Waals surface area contributed by atoms with Crippen molar-refractivity contribution in [2.75, 3.05) is 0 Å². The summed E-state index contributed by atoms with van der Waals surface area (Å²) in [6.45, 7) is 13.1. The lowest BCUT2D eigenvalue weighted by atomic mass is 9.57. The highest BCUT2D eigenvalue weighted by atomic mass is 16.6.